The van der Waals surface area contributed by atoms with Crippen LogP contribution in [0.1, 0.15) is 206 Å². The van der Waals surface area contributed by atoms with Crippen molar-refractivity contribution < 1.29 is 39.8 Å². The average Bonchev–Trinajstić information content (AvgIpc) is 3.39. The minimum absolute atomic E-state index is 0.200. The summed E-state index contributed by atoms with van der Waals surface area (Å²) in [7, 11) is 0. The number of allylic oxidation sites excluding steroid dienone is 21. The molecule has 1 heterocycles. The molecular formula is C64H105NO8. The first-order valence-electron chi connectivity index (χ1n) is 28.9. The first-order valence-corrected chi connectivity index (χ1v) is 28.9. The van der Waals surface area contributed by atoms with Gasteiger partial charge in [0, 0.05) is 6.42 Å². The zero-order valence-electron chi connectivity index (χ0n) is 45.8. The first kappa shape index (κ1) is 67.3. The van der Waals surface area contributed by atoms with E-state index in [0.717, 1.165) is 109 Å². The lowest BCUT2D eigenvalue weighted by atomic mass is 9.99. The molecule has 0 saturated carbocycles. The van der Waals surface area contributed by atoms with E-state index in [4.69, 9.17) is 9.47 Å². The van der Waals surface area contributed by atoms with E-state index >= 15 is 0 Å². The van der Waals surface area contributed by atoms with Crippen LogP contribution in [0.5, 0.6) is 0 Å². The summed E-state index contributed by atoms with van der Waals surface area (Å²) >= 11 is 0. The van der Waals surface area contributed by atoms with Crippen molar-refractivity contribution in [1.29, 1.82) is 0 Å². The highest BCUT2D eigenvalue weighted by Crippen LogP contribution is 2.22. The Balaban J connectivity index is 2.18. The van der Waals surface area contributed by atoms with Crippen LogP contribution in [-0.2, 0) is 14.3 Å². The number of aliphatic hydroxyl groups excluding tert-OH is 5. The molecule has 1 rings (SSSR count). The van der Waals surface area contributed by atoms with Gasteiger partial charge in [0.2, 0.25) is 5.91 Å². The second kappa shape index (κ2) is 51.8. The van der Waals surface area contributed by atoms with Crippen molar-refractivity contribution in [1.82, 2.24) is 5.32 Å². The van der Waals surface area contributed by atoms with E-state index in [0.29, 0.717) is 6.42 Å². The highest BCUT2D eigenvalue weighted by Gasteiger charge is 2.44. The summed E-state index contributed by atoms with van der Waals surface area (Å²) in [5, 5.41) is 54.3. The Morgan fingerprint density at radius 3 is 1.32 bits per heavy atom. The third kappa shape index (κ3) is 41.3. The molecule has 9 heteroatoms. The topological polar surface area (TPSA) is 149 Å². The van der Waals surface area contributed by atoms with Crippen molar-refractivity contribution in [3.05, 3.63) is 134 Å². The lowest BCUT2D eigenvalue weighted by molar-refractivity contribution is -0.302. The van der Waals surface area contributed by atoms with Gasteiger partial charge in [-0.05, 0) is 103 Å². The standard InChI is InChI=1S/C64H105NO8/c1-3-5-7-9-11-13-15-17-18-19-20-21-22-23-24-25-26-27-28-29-30-31-32-33-34-35-36-37-38-39-40-42-44-46-48-50-52-54-60(68)65-57(56-72-64-63(71)62(70)61(69)59(55-66)73-64)58(67)53-51-49-47-45-43-41-16-14-12-10-8-6-4-2/h5,7,11,13,17-18,20-21,23-24,26-27,29-30,32-33,35-36,43,45,51,53,57-59,61-64,66-67,69-71H,3-4,6,8-10,12,14-16,19,22,25,28,31,34,37-42,44,46-50,52,54-56H2,1-2H3,(H,65,68)/b7-5-,13-11-,18-17-,21-20-,24-23-,27-26-,30-29-,33-32-,36-35-,45-43+,53-51+. The number of carbonyl (C=O) groups is 1. The number of carbonyl (C=O) groups excluding carboxylic acids is 1. The van der Waals surface area contributed by atoms with Crippen LogP contribution in [0.4, 0.5) is 0 Å². The Hall–Kier alpha value is -3.67. The van der Waals surface area contributed by atoms with Gasteiger partial charge in [0.15, 0.2) is 6.29 Å². The van der Waals surface area contributed by atoms with Crippen LogP contribution in [0.3, 0.4) is 0 Å². The molecule has 0 radical (unpaired) electrons. The van der Waals surface area contributed by atoms with Gasteiger partial charge in [-0.1, -0.05) is 231 Å². The molecule has 1 saturated heterocycles. The molecule has 0 aromatic rings. The van der Waals surface area contributed by atoms with Crippen LogP contribution < -0.4 is 5.32 Å². The number of nitrogens with one attached hydrogen (secondary N) is 1. The number of rotatable bonds is 47. The molecule has 9 nitrogen and oxygen atoms in total. The Morgan fingerprint density at radius 1 is 0.479 bits per heavy atom. The lowest BCUT2D eigenvalue weighted by Gasteiger charge is -2.40. The fraction of sp³-hybridized carbons (Fsp3) is 0.641. The minimum Gasteiger partial charge on any atom is -0.394 e. The second-order valence-electron chi connectivity index (χ2n) is 19.3. The fourth-order valence-electron chi connectivity index (χ4n) is 8.16. The Labute approximate surface area is 445 Å². The highest BCUT2D eigenvalue weighted by atomic mass is 16.7. The maximum absolute atomic E-state index is 13.0. The summed E-state index contributed by atoms with van der Waals surface area (Å²) in [6.45, 7) is 3.61. The molecule has 1 aliphatic rings. The SMILES string of the molecule is CC/C=C\C/C=C\C/C=C\C/C=C\C/C=C\C/C=C\C/C=C\C/C=C\C/C=C\CCCCCCCCCCCC(=O)NC(COC1OC(CO)C(O)C(O)C1O)C(O)/C=C/CC/C=C/CCCCCCCCC. The largest absolute Gasteiger partial charge is 0.394 e. The van der Waals surface area contributed by atoms with Gasteiger partial charge < -0.3 is 40.3 Å². The first-order chi connectivity index (χ1) is 35.8. The van der Waals surface area contributed by atoms with Crippen LogP contribution in [0.15, 0.2) is 134 Å². The summed E-state index contributed by atoms with van der Waals surface area (Å²) in [4.78, 5) is 13.0. The van der Waals surface area contributed by atoms with Crippen molar-refractivity contribution in [2.75, 3.05) is 13.2 Å². The summed E-state index contributed by atoms with van der Waals surface area (Å²) < 4.78 is 11.2. The van der Waals surface area contributed by atoms with Gasteiger partial charge in [-0.3, -0.25) is 4.79 Å². The molecule has 7 atom stereocenters. The van der Waals surface area contributed by atoms with Crippen LogP contribution in [-0.4, -0.2) is 87.5 Å². The molecule has 1 aliphatic heterocycles. The zero-order valence-corrected chi connectivity index (χ0v) is 45.8. The van der Waals surface area contributed by atoms with Crippen molar-refractivity contribution in [2.45, 2.75) is 249 Å². The fourth-order valence-corrected chi connectivity index (χ4v) is 8.16. The molecule has 6 N–H and O–H groups in total. The van der Waals surface area contributed by atoms with Crippen LogP contribution in [0.25, 0.3) is 0 Å². The maximum atomic E-state index is 13.0. The van der Waals surface area contributed by atoms with Crippen LogP contribution in [0.2, 0.25) is 0 Å². The number of ether oxygens (including phenoxy) is 2. The van der Waals surface area contributed by atoms with E-state index in [1.165, 1.54) is 77.0 Å². The molecule has 0 aliphatic carbocycles. The number of hydrogen-bond acceptors (Lipinski definition) is 8. The quantitative estimate of drug-likeness (QED) is 0.0261. The summed E-state index contributed by atoms with van der Waals surface area (Å²) in [6, 6.07) is -0.833. The van der Waals surface area contributed by atoms with Gasteiger partial charge in [0.25, 0.3) is 0 Å². The van der Waals surface area contributed by atoms with Gasteiger partial charge in [-0.15, -0.1) is 0 Å². The molecule has 1 amide bonds. The van der Waals surface area contributed by atoms with Gasteiger partial charge in [0.05, 0.1) is 25.4 Å². The highest BCUT2D eigenvalue weighted by molar-refractivity contribution is 5.76. The van der Waals surface area contributed by atoms with Crippen molar-refractivity contribution in [3.8, 4) is 0 Å². The van der Waals surface area contributed by atoms with E-state index in [2.05, 4.69) is 141 Å². The second-order valence-corrected chi connectivity index (χ2v) is 19.3. The minimum atomic E-state index is -1.58. The molecule has 414 valence electrons. The van der Waals surface area contributed by atoms with E-state index in [9.17, 15) is 30.3 Å². The van der Waals surface area contributed by atoms with Gasteiger partial charge >= 0.3 is 0 Å². The summed E-state index contributed by atoms with van der Waals surface area (Å²) in [5.74, 6) is -0.200. The smallest absolute Gasteiger partial charge is 0.220 e. The number of unbranched alkanes of at least 4 members (excludes halogenated alkanes) is 17. The van der Waals surface area contributed by atoms with E-state index in [1.807, 2.05) is 6.08 Å². The van der Waals surface area contributed by atoms with Crippen LogP contribution >= 0.6 is 0 Å². The predicted molar refractivity (Wildman–Crippen MR) is 308 cm³/mol. The van der Waals surface area contributed by atoms with E-state index < -0.39 is 49.5 Å². The number of hydrogen-bond donors (Lipinski definition) is 6. The number of aliphatic hydroxyl groups is 5. The van der Waals surface area contributed by atoms with Crippen molar-refractivity contribution >= 4 is 5.91 Å². The summed E-state index contributed by atoms with van der Waals surface area (Å²) in [6.07, 6.45) is 72.3. The molecule has 1 fully saturated rings. The lowest BCUT2D eigenvalue weighted by Crippen LogP contribution is -2.60. The monoisotopic (exact) mass is 1020 g/mol. The Bertz CT molecular complexity index is 1600. The maximum Gasteiger partial charge on any atom is 0.220 e. The molecular weight excluding hydrogens is 911 g/mol. The van der Waals surface area contributed by atoms with Crippen LogP contribution in [0, 0.1) is 0 Å². The molecule has 73 heavy (non-hydrogen) atoms. The predicted octanol–water partition coefficient (Wildman–Crippen LogP) is 14.5. The molecule has 0 aromatic carbocycles. The van der Waals surface area contributed by atoms with Crippen molar-refractivity contribution in [3.63, 3.8) is 0 Å². The zero-order chi connectivity index (χ0) is 52.9. The molecule has 0 spiro atoms. The van der Waals surface area contributed by atoms with E-state index in [-0.39, 0.29) is 12.5 Å². The van der Waals surface area contributed by atoms with E-state index in [1.54, 1.807) is 6.08 Å². The van der Waals surface area contributed by atoms with Crippen molar-refractivity contribution in [2.24, 2.45) is 0 Å². The van der Waals surface area contributed by atoms with Gasteiger partial charge in [0.1, 0.15) is 24.4 Å². The Kier molecular flexibility index (Phi) is 47.8. The summed E-state index contributed by atoms with van der Waals surface area (Å²) in [5.41, 5.74) is 0. The molecule has 0 bridgehead atoms. The van der Waals surface area contributed by atoms with Gasteiger partial charge in [-0.25, -0.2) is 0 Å². The third-order valence-electron chi connectivity index (χ3n) is 12.7. The number of amides is 1. The normalized spacial score (nSPS) is 20.1. The third-order valence-corrected chi connectivity index (χ3v) is 12.7. The molecule has 7 unspecified atom stereocenters. The molecule has 0 aromatic heterocycles. The van der Waals surface area contributed by atoms with Gasteiger partial charge in [-0.2, -0.15) is 0 Å². The average molecular weight is 1020 g/mol. The Morgan fingerprint density at radius 2 is 0.863 bits per heavy atom.